The number of hydrogen-bond acceptors (Lipinski definition) is 4. The second-order valence-electron chi connectivity index (χ2n) is 5.27. The fraction of sp³-hybridized carbons (Fsp3) is 0.500. The monoisotopic (exact) mass is 306 g/mol. The molecule has 6 heteroatoms. The number of hydrogen-bond donors (Lipinski definition) is 1. The molecule has 0 unspecified atom stereocenters. The summed E-state index contributed by atoms with van der Waals surface area (Å²) in [5.41, 5.74) is 0.634. The highest BCUT2D eigenvalue weighted by Crippen LogP contribution is 2.32. The predicted octanol–water partition coefficient (Wildman–Crippen LogP) is 1.58. The van der Waals surface area contributed by atoms with Crippen LogP contribution in [-0.4, -0.2) is 39.1 Å². The van der Waals surface area contributed by atoms with Crippen molar-refractivity contribution >= 4 is 17.5 Å². The summed E-state index contributed by atoms with van der Waals surface area (Å²) in [6.45, 7) is 2.29. The van der Waals surface area contributed by atoms with Crippen LogP contribution in [0.2, 0.25) is 0 Å². The molecule has 1 aliphatic rings. The van der Waals surface area contributed by atoms with Crippen LogP contribution < -0.4 is 19.7 Å². The molecule has 1 N–H and O–H groups in total. The average molecular weight is 306 g/mol. The van der Waals surface area contributed by atoms with E-state index in [4.69, 9.17) is 9.47 Å². The summed E-state index contributed by atoms with van der Waals surface area (Å²) >= 11 is 0. The van der Waals surface area contributed by atoms with Crippen LogP contribution >= 0.6 is 0 Å². The maximum Gasteiger partial charge on any atom is 0.224 e. The minimum absolute atomic E-state index is 0.0705. The number of nitrogens with one attached hydrogen (secondary N) is 1. The third-order valence-corrected chi connectivity index (χ3v) is 3.64. The Balaban J connectivity index is 2.09. The summed E-state index contributed by atoms with van der Waals surface area (Å²) < 4.78 is 10.5. The Labute approximate surface area is 130 Å². The molecule has 1 aliphatic carbocycles. The van der Waals surface area contributed by atoms with Gasteiger partial charge in [0, 0.05) is 32.0 Å². The van der Waals surface area contributed by atoms with Gasteiger partial charge in [0.15, 0.2) is 0 Å². The first-order valence-corrected chi connectivity index (χ1v) is 7.34. The highest BCUT2D eigenvalue weighted by Gasteiger charge is 2.29. The summed E-state index contributed by atoms with van der Waals surface area (Å²) in [5.74, 6) is 1.35. The number of ether oxygens (including phenoxy) is 2. The van der Waals surface area contributed by atoms with E-state index in [1.807, 2.05) is 0 Å². The van der Waals surface area contributed by atoms with E-state index in [0.29, 0.717) is 30.3 Å². The standard InChI is InChI=1S/C16H22N2O4/c1-11(19)18(9-8-17-16(20)12-4-5-12)14-10-13(21-2)6-7-15(14)22-3/h6-7,10,12H,4-5,8-9H2,1-3H3,(H,17,20). The zero-order valence-electron chi connectivity index (χ0n) is 13.2. The van der Waals surface area contributed by atoms with Crippen LogP contribution in [0, 0.1) is 5.92 Å². The van der Waals surface area contributed by atoms with E-state index in [2.05, 4.69) is 5.32 Å². The van der Waals surface area contributed by atoms with Crippen molar-refractivity contribution in [1.82, 2.24) is 5.32 Å². The molecule has 0 heterocycles. The highest BCUT2D eigenvalue weighted by molar-refractivity contribution is 5.93. The number of benzene rings is 1. The van der Waals surface area contributed by atoms with Crippen LogP contribution in [0.4, 0.5) is 5.69 Å². The van der Waals surface area contributed by atoms with Crippen molar-refractivity contribution in [1.29, 1.82) is 0 Å². The van der Waals surface area contributed by atoms with Gasteiger partial charge in [-0.05, 0) is 25.0 Å². The Hall–Kier alpha value is -2.24. The van der Waals surface area contributed by atoms with Gasteiger partial charge in [0.25, 0.3) is 0 Å². The Morgan fingerprint density at radius 1 is 1.27 bits per heavy atom. The topological polar surface area (TPSA) is 67.9 Å². The normalized spacial score (nSPS) is 13.4. The van der Waals surface area contributed by atoms with Gasteiger partial charge < -0.3 is 19.7 Å². The van der Waals surface area contributed by atoms with E-state index >= 15 is 0 Å². The van der Waals surface area contributed by atoms with Crippen LogP contribution in [0.15, 0.2) is 18.2 Å². The lowest BCUT2D eigenvalue weighted by Crippen LogP contribution is -2.38. The summed E-state index contributed by atoms with van der Waals surface area (Å²) in [6, 6.07) is 5.28. The molecule has 0 saturated heterocycles. The molecule has 120 valence electrons. The lowest BCUT2D eigenvalue weighted by molar-refractivity contribution is -0.122. The van der Waals surface area contributed by atoms with Crippen LogP contribution in [0.1, 0.15) is 19.8 Å². The first-order valence-electron chi connectivity index (χ1n) is 7.34. The van der Waals surface area contributed by atoms with Gasteiger partial charge in [0.2, 0.25) is 11.8 Å². The third kappa shape index (κ3) is 3.90. The minimum Gasteiger partial charge on any atom is -0.497 e. The SMILES string of the molecule is COc1ccc(OC)c(N(CCNC(=O)C2CC2)C(C)=O)c1. The summed E-state index contributed by atoms with van der Waals surface area (Å²) in [4.78, 5) is 25.2. The fourth-order valence-corrected chi connectivity index (χ4v) is 2.24. The van der Waals surface area contributed by atoms with E-state index in [9.17, 15) is 9.59 Å². The number of carbonyl (C=O) groups is 2. The molecule has 0 aliphatic heterocycles. The first-order chi connectivity index (χ1) is 10.6. The predicted molar refractivity (Wildman–Crippen MR) is 83.3 cm³/mol. The van der Waals surface area contributed by atoms with Gasteiger partial charge in [-0.2, -0.15) is 0 Å². The zero-order valence-corrected chi connectivity index (χ0v) is 13.2. The summed E-state index contributed by atoms with van der Waals surface area (Å²) in [7, 11) is 3.12. The Morgan fingerprint density at radius 2 is 2.00 bits per heavy atom. The number of nitrogens with zero attached hydrogens (tertiary/aromatic N) is 1. The van der Waals surface area contributed by atoms with E-state index in [1.54, 1.807) is 37.3 Å². The van der Waals surface area contributed by atoms with Gasteiger partial charge in [-0.15, -0.1) is 0 Å². The fourth-order valence-electron chi connectivity index (χ4n) is 2.24. The van der Waals surface area contributed by atoms with E-state index in [0.717, 1.165) is 12.8 Å². The van der Waals surface area contributed by atoms with E-state index in [-0.39, 0.29) is 17.7 Å². The molecule has 0 aromatic heterocycles. The molecule has 2 rings (SSSR count). The molecule has 1 saturated carbocycles. The molecule has 0 atom stereocenters. The number of amides is 2. The lowest BCUT2D eigenvalue weighted by atomic mass is 10.2. The van der Waals surface area contributed by atoms with Crippen molar-refractivity contribution in [3.05, 3.63) is 18.2 Å². The molecule has 22 heavy (non-hydrogen) atoms. The molecule has 6 nitrogen and oxygen atoms in total. The van der Waals surface area contributed by atoms with Crippen molar-refractivity contribution in [3.63, 3.8) is 0 Å². The van der Waals surface area contributed by atoms with Crippen molar-refractivity contribution < 1.29 is 19.1 Å². The second kappa shape index (κ2) is 7.15. The van der Waals surface area contributed by atoms with Gasteiger partial charge in [0.05, 0.1) is 19.9 Å². The minimum atomic E-state index is -0.118. The second-order valence-corrected chi connectivity index (χ2v) is 5.27. The van der Waals surface area contributed by atoms with Gasteiger partial charge in [-0.25, -0.2) is 0 Å². The average Bonchev–Trinajstić information content (AvgIpc) is 3.35. The largest absolute Gasteiger partial charge is 0.497 e. The maximum absolute atomic E-state index is 12.0. The number of methoxy groups -OCH3 is 2. The van der Waals surface area contributed by atoms with E-state index in [1.165, 1.54) is 6.92 Å². The Bertz CT molecular complexity index is 555. The number of carbonyl (C=O) groups excluding carboxylic acids is 2. The molecular weight excluding hydrogens is 284 g/mol. The van der Waals surface area contributed by atoms with Crippen LogP contribution in [0.25, 0.3) is 0 Å². The molecular formula is C16H22N2O4. The lowest BCUT2D eigenvalue weighted by Gasteiger charge is -2.24. The van der Waals surface area contributed by atoms with Crippen molar-refractivity contribution in [2.45, 2.75) is 19.8 Å². The van der Waals surface area contributed by atoms with Gasteiger partial charge in [0.1, 0.15) is 11.5 Å². The summed E-state index contributed by atoms with van der Waals surface area (Å²) in [6.07, 6.45) is 1.93. The van der Waals surface area contributed by atoms with Gasteiger partial charge in [-0.3, -0.25) is 9.59 Å². The van der Waals surface area contributed by atoms with Crippen molar-refractivity contribution in [2.75, 3.05) is 32.2 Å². The van der Waals surface area contributed by atoms with Crippen molar-refractivity contribution in [3.8, 4) is 11.5 Å². The number of rotatable bonds is 7. The number of anilines is 1. The first kappa shape index (κ1) is 16.1. The zero-order chi connectivity index (χ0) is 16.1. The molecule has 1 aromatic rings. The molecule has 2 amide bonds. The highest BCUT2D eigenvalue weighted by atomic mass is 16.5. The third-order valence-electron chi connectivity index (χ3n) is 3.64. The summed E-state index contributed by atoms with van der Waals surface area (Å²) in [5, 5.41) is 2.86. The quantitative estimate of drug-likeness (QED) is 0.830. The molecule has 1 fully saturated rings. The Kier molecular flexibility index (Phi) is 5.25. The van der Waals surface area contributed by atoms with Crippen LogP contribution in [0.5, 0.6) is 11.5 Å². The van der Waals surface area contributed by atoms with Gasteiger partial charge >= 0.3 is 0 Å². The van der Waals surface area contributed by atoms with Crippen LogP contribution in [0.3, 0.4) is 0 Å². The van der Waals surface area contributed by atoms with Crippen molar-refractivity contribution in [2.24, 2.45) is 5.92 Å². The van der Waals surface area contributed by atoms with Gasteiger partial charge in [-0.1, -0.05) is 0 Å². The smallest absolute Gasteiger partial charge is 0.224 e. The molecule has 0 radical (unpaired) electrons. The van der Waals surface area contributed by atoms with Crippen LogP contribution in [-0.2, 0) is 9.59 Å². The Morgan fingerprint density at radius 3 is 2.55 bits per heavy atom. The maximum atomic E-state index is 12.0. The molecule has 0 bridgehead atoms. The molecule has 0 spiro atoms. The van der Waals surface area contributed by atoms with E-state index < -0.39 is 0 Å². The molecule has 1 aromatic carbocycles.